The van der Waals surface area contributed by atoms with Gasteiger partial charge in [0, 0.05) is 42.3 Å². The van der Waals surface area contributed by atoms with Crippen molar-refractivity contribution in [3.8, 4) is 0 Å². The van der Waals surface area contributed by atoms with Crippen molar-refractivity contribution in [2.24, 2.45) is 7.05 Å². The van der Waals surface area contributed by atoms with Gasteiger partial charge in [-0.3, -0.25) is 30.7 Å². The molecule has 11 nitrogen and oxygen atoms in total. The van der Waals surface area contributed by atoms with Crippen molar-refractivity contribution < 1.29 is 19.5 Å². The number of amidine groups is 1. The highest BCUT2D eigenvalue weighted by molar-refractivity contribution is 5.97. The van der Waals surface area contributed by atoms with Crippen LogP contribution in [0.2, 0.25) is 0 Å². The van der Waals surface area contributed by atoms with Crippen LogP contribution in [0.1, 0.15) is 47.2 Å². The summed E-state index contributed by atoms with van der Waals surface area (Å²) in [5, 5.41) is 22.5. The monoisotopic (exact) mass is 543 g/mol. The number of esters is 1. The molecular formula is C29H33N7O4. The Hall–Kier alpha value is -4.77. The predicted molar refractivity (Wildman–Crippen MR) is 151 cm³/mol. The minimum atomic E-state index is -0.357. The number of carbonyl (C=O) groups excluding carboxylic acids is 2. The Bertz CT molecular complexity index is 1470. The Labute approximate surface area is 232 Å². The van der Waals surface area contributed by atoms with Crippen LogP contribution in [0.3, 0.4) is 0 Å². The summed E-state index contributed by atoms with van der Waals surface area (Å²) in [4.78, 5) is 33.8. The molecule has 40 heavy (non-hydrogen) atoms. The van der Waals surface area contributed by atoms with Crippen molar-refractivity contribution in [1.29, 1.82) is 5.41 Å². The van der Waals surface area contributed by atoms with Gasteiger partial charge in [0.1, 0.15) is 11.7 Å². The number of carbonyl (C=O) groups is 2. The maximum atomic E-state index is 12.7. The molecule has 0 saturated heterocycles. The summed E-state index contributed by atoms with van der Waals surface area (Å²) in [5.41, 5.74) is 6.20. The lowest BCUT2D eigenvalue weighted by atomic mass is 10.1. The van der Waals surface area contributed by atoms with E-state index in [2.05, 4.69) is 20.6 Å². The lowest BCUT2D eigenvalue weighted by molar-refractivity contribution is -0.148. The molecule has 1 amide bonds. The first kappa shape index (κ1) is 28.2. The summed E-state index contributed by atoms with van der Waals surface area (Å²) in [7, 11) is 1.91. The van der Waals surface area contributed by atoms with Crippen LogP contribution in [0.25, 0.3) is 11.0 Å². The van der Waals surface area contributed by atoms with Crippen molar-refractivity contribution in [1.82, 2.24) is 25.3 Å². The van der Waals surface area contributed by atoms with E-state index in [0.717, 1.165) is 29.1 Å². The van der Waals surface area contributed by atoms with Gasteiger partial charge in [-0.05, 0) is 74.4 Å². The first-order valence-corrected chi connectivity index (χ1v) is 13.0. The van der Waals surface area contributed by atoms with Crippen LogP contribution in [0.15, 0.2) is 66.9 Å². The van der Waals surface area contributed by atoms with Crippen LogP contribution in [0, 0.1) is 5.41 Å². The normalized spacial score (nSPS) is 11.6. The lowest BCUT2D eigenvalue weighted by Gasteiger charge is -2.13. The Kier molecular flexibility index (Phi) is 9.42. The molecule has 1 atom stereocenters. The zero-order valence-electron chi connectivity index (χ0n) is 22.5. The molecule has 2 aromatic heterocycles. The molecule has 1 unspecified atom stereocenters. The van der Waals surface area contributed by atoms with Crippen LogP contribution in [0.5, 0.6) is 0 Å². The number of anilines is 1. The van der Waals surface area contributed by atoms with Crippen molar-refractivity contribution in [2.45, 2.75) is 38.8 Å². The maximum Gasteiger partial charge on any atom is 0.307 e. The number of aromatic nitrogens is 3. The van der Waals surface area contributed by atoms with Crippen LogP contribution < -0.4 is 16.1 Å². The zero-order chi connectivity index (χ0) is 28.5. The number of ether oxygens (including phenoxy) is 1. The fraction of sp³-hybridized carbons (Fsp3) is 0.276. The number of imidazole rings is 1. The second-order valence-corrected chi connectivity index (χ2v) is 9.37. The summed E-state index contributed by atoms with van der Waals surface area (Å²) in [6.07, 6.45) is 2.99. The smallest absolute Gasteiger partial charge is 0.307 e. The Morgan fingerprint density at radius 3 is 2.60 bits per heavy atom. The number of nitrogens with zero attached hydrogens (tertiary/aromatic N) is 3. The minimum Gasteiger partial charge on any atom is -0.463 e. The predicted octanol–water partition coefficient (Wildman–Crippen LogP) is 3.57. The quantitative estimate of drug-likeness (QED) is 0.0786. The number of rotatable bonds is 12. The third-order valence-corrected chi connectivity index (χ3v) is 6.45. The standard InChI is InChI=1S/C29H33N7O4/c1-19(6-10-22-5-3-4-15-31-22)40-27(37)14-16-32-29(38)21-9-13-25-24(17-21)34-26(36(25)2)18-33-23-11-7-20(8-12-23)28(30)35-39/h3-5,7-9,11-13,15,17,19,33,39H,6,10,14,16,18H2,1-2H3,(H2,30,35)(H,32,38). The molecule has 5 N–H and O–H groups in total. The average molecular weight is 544 g/mol. The Morgan fingerprint density at radius 2 is 1.88 bits per heavy atom. The molecule has 0 aliphatic rings. The molecule has 11 heteroatoms. The number of aryl methyl sites for hydroxylation is 2. The van der Waals surface area contributed by atoms with Crippen molar-refractivity contribution in [3.63, 3.8) is 0 Å². The fourth-order valence-electron chi connectivity index (χ4n) is 4.17. The fourth-order valence-corrected chi connectivity index (χ4v) is 4.17. The van der Waals surface area contributed by atoms with Gasteiger partial charge in [0.25, 0.3) is 5.91 Å². The molecule has 0 aliphatic carbocycles. The third-order valence-electron chi connectivity index (χ3n) is 6.45. The van der Waals surface area contributed by atoms with E-state index in [-0.39, 0.29) is 36.8 Å². The van der Waals surface area contributed by atoms with Gasteiger partial charge < -0.3 is 19.9 Å². The second-order valence-electron chi connectivity index (χ2n) is 9.37. The zero-order valence-corrected chi connectivity index (χ0v) is 22.5. The van der Waals surface area contributed by atoms with E-state index in [0.29, 0.717) is 29.6 Å². The van der Waals surface area contributed by atoms with Crippen LogP contribution >= 0.6 is 0 Å². The largest absolute Gasteiger partial charge is 0.463 e. The van der Waals surface area contributed by atoms with Crippen molar-refractivity contribution >= 4 is 34.4 Å². The number of hydrogen-bond donors (Lipinski definition) is 5. The van der Waals surface area contributed by atoms with Gasteiger partial charge in [-0.2, -0.15) is 0 Å². The van der Waals surface area contributed by atoms with Crippen molar-refractivity contribution in [2.75, 3.05) is 11.9 Å². The molecule has 0 aliphatic heterocycles. The molecule has 0 spiro atoms. The number of hydroxylamine groups is 1. The molecule has 0 radical (unpaired) electrons. The number of nitrogens with one attached hydrogen (secondary N) is 4. The molecule has 4 rings (SSSR count). The summed E-state index contributed by atoms with van der Waals surface area (Å²) in [6, 6.07) is 18.1. The summed E-state index contributed by atoms with van der Waals surface area (Å²) in [5.74, 6) is 0.0560. The average Bonchev–Trinajstić information content (AvgIpc) is 3.29. The Morgan fingerprint density at radius 1 is 1.10 bits per heavy atom. The summed E-state index contributed by atoms with van der Waals surface area (Å²) >= 11 is 0. The highest BCUT2D eigenvalue weighted by atomic mass is 16.5. The van der Waals surface area contributed by atoms with E-state index in [1.807, 2.05) is 60.4 Å². The highest BCUT2D eigenvalue weighted by Gasteiger charge is 2.14. The van der Waals surface area contributed by atoms with Gasteiger partial charge in [0.05, 0.1) is 30.1 Å². The number of hydrogen-bond acceptors (Lipinski definition) is 8. The first-order chi connectivity index (χ1) is 19.3. The molecule has 208 valence electrons. The number of benzene rings is 2. The van der Waals surface area contributed by atoms with E-state index in [4.69, 9.17) is 15.4 Å². The van der Waals surface area contributed by atoms with Crippen molar-refractivity contribution in [3.05, 3.63) is 89.5 Å². The van der Waals surface area contributed by atoms with Gasteiger partial charge in [-0.25, -0.2) is 4.98 Å². The maximum absolute atomic E-state index is 12.7. The highest BCUT2D eigenvalue weighted by Crippen LogP contribution is 2.18. The molecule has 4 aromatic rings. The van der Waals surface area contributed by atoms with Crippen LogP contribution in [0.4, 0.5) is 5.69 Å². The van der Waals surface area contributed by atoms with Gasteiger partial charge in [0.15, 0.2) is 0 Å². The van der Waals surface area contributed by atoms with Gasteiger partial charge in [0.2, 0.25) is 0 Å². The topological polar surface area (TPSA) is 154 Å². The first-order valence-electron chi connectivity index (χ1n) is 13.0. The minimum absolute atomic E-state index is 0.0798. The van der Waals surface area contributed by atoms with Gasteiger partial charge in [-0.1, -0.05) is 6.07 Å². The summed E-state index contributed by atoms with van der Waals surface area (Å²) < 4.78 is 7.40. The van der Waals surface area contributed by atoms with E-state index in [9.17, 15) is 9.59 Å². The molecule has 2 heterocycles. The second kappa shape index (κ2) is 13.3. The van der Waals surface area contributed by atoms with Gasteiger partial charge >= 0.3 is 5.97 Å². The van der Waals surface area contributed by atoms with Crippen LogP contribution in [-0.4, -0.2) is 50.1 Å². The SMILES string of the molecule is CC(CCc1ccccn1)OC(=O)CCNC(=O)c1ccc2c(c1)nc(CNc1ccc(C(=N)NO)cc1)n2C. The number of pyridine rings is 1. The van der Waals surface area contributed by atoms with E-state index in [1.54, 1.807) is 30.5 Å². The molecule has 0 bridgehead atoms. The molecular weight excluding hydrogens is 510 g/mol. The van der Waals surface area contributed by atoms with Gasteiger partial charge in [-0.15, -0.1) is 0 Å². The summed E-state index contributed by atoms with van der Waals surface area (Å²) in [6.45, 7) is 2.47. The Balaban J connectivity index is 1.25. The molecule has 0 saturated carbocycles. The van der Waals surface area contributed by atoms with Crippen LogP contribution in [-0.2, 0) is 29.5 Å². The molecule has 0 fully saturated rings. The number of amides is 1. The number of fused-ring (bicyclic) bond motifs is 1. The lowest BCUT2D eigenvalue weighted by Crippen LogP contribution is -2.27. The van der Waals surface area contributed by atoms with E-state index in [1.165, 1.54) is 0 Å². The van der Waals surface area contributed by atoms with E-state index < -0.39 is 0 Å². The molecule has 2 aromatic carbocycles. The van der Waals surface area contributed by atoms with E-state index >= 15 is 0 Å². The third kappa shape index (κ3) is 7.41.